The van der Waals surface area contributed by atoms with Crippen LogP contribution < -0.4 is 10.2 Å². The first-order valence-corrected chi connectivity index (χ1v) is 8.40. The normalized spacial score (nSPS) is 20.9. The third-order valence-electron chi connectivity index (χ3n) is 4.93. The third kappa shape index (κ3) is 3.60. The van der Waals surface area contributed by atoms with E-state index in [9.17, 15) is 14.9 Å². The van der Waals surface area contributed by atoms with Gasteiger partial charge in [-0.05, 0) is 37.8 Å². The summed E-state index contributed by atoms with van der Waals surface area (Å²) in [6, 6.07) is 5.60. The van der Waals surface area contributed by atoms with Gasteiger partial charge in [0.15, 0.2) is 12.3 Å². The minimum absolute atomic E-state index is 0.0910. The zero-order valence-corrected chi connectivity index (χ0v) is 13.9. The number of nitrogens with one attached hydrogen (secondary N) is 2. The molecule has 128 valence electrons. The second-order valence-electron chi connectivity index (χ2n) is 6.83. The van der Waals surface area contributed by atoms with Gasteiger partial charge >= 0.3 is 0 Å². The molecule has 2 heterocycles. The summed E-state index contributed by atoms with van der Waals surface area (Å²) in [7, 11) is 0. The molecule has 7 nitrogen and oxygen atoms in total. The van der Waals surface area contributed by atoms with Crippen molar-refractivity contribution in [2.24, 2.45) is 5.92 Å². The van der Waals surface area contributed by atoms with Gasteiger partial charge in [0.2, 0.25) is 0 Å². The zero-order valence-electron chi connectivity index (χ0n) is 13.9. The van der Waals surface area contributed by atoms with Gasteiger partial charge in [0, 0.05) is 0 Å². The Kier molecular flexibility index (Phi) is 4.58. The summed E-state index contributed by atoms with van der Waals surface area (Å²) in [6.45, 7) is 4.77. The molecule has 24 heavy (non-hydrogen) atoms. The number of nitriles is 1. The molecular formula is C17H23N4O3+. The number of carbonyl (C=O) groups is 2. The number of amides is 2. The number of quaternary nitrogens is 1. The molecule has 0 aromatic carbocycles. The van der Waals surface area contributed by atoms with Crippen molar-refractivity contribution < 1.29 is 18.9 Å². The van der Waals surface area contributed by atoms with Crippen LogP contribution in [0.3, 0.4) is 0 Å². The highest BCUT2D eigenvalue weighted by Gasteiger charge is 2.43. The van der Waals surface area contributed by atoms with Gasteiger partial charge in [0.25, 0.3) is 11.8 Å². The number of hydrogen-bond acceptors (Lipinski definition) is 4. The molecule has 0 unspecified atom stereocenters. The van der Waals surface area contributed by atoms with Crippen molar-refractivity contribution in [1.82, 2.24) is 10.2 Å². The van der Waals surface area contributed by atoms with Gasteiger partial charge in [-0.1, -0.05) is 0 Å². The van der Waals surface area contributed by atoms with Crippen molar-refractivity contribution in [3.05, 3.63) is 24.2 Å². The minimum atomic E-state index is -0.742. The zero-order chi connectivity index (χ0) is 17.2. The molecule has 1 atom stereocenters. The molecule has 1 saturated carbocycles. The van der Waals surface area contributed by atoms with E-state index in [2.05, 4.69) is 11.4 Å². The van der Waals surface area contributed by atoms with E-state index < -0.39 is 5.54 Å². The van der Waals surface area contributed by atoms with Crippen LogP contribution in [-0.4, -0.2) is 55.0 Å². The van der Waals surface area contributed by atoms with Gasteiger partial charge < -0.3 is 19.5 Å². The van der Waals surface area contributed by atoms with Crippen molar-refractivity contribution >= 4 is 11.8 Å². The van der Waals surface area contributed by atoms with E-state index in [1.54, 1.807) is 24.0 Å². The second kappa shape index (κ2) is 6.65. The van der Waals surface area contributed by atoms with E-state index >= 15 is 0 Å². The lowest BCUT2D eigenvalue weighted by molar-refractivity contribution is -0.896. The summed E-state index contributed by atoms with van der Waals surface area (Å²) in [5.41, 5.74) is -0.742. The molecule has 2 aliphatic rings. The lowest BCUT2D eigenvalue weighted by Gasteiger charge is -2.32. The summed E-state index contributed by atoms with van der Waals surface area (Å²) in [6.07, 6.45) is 3.50. The topological polar surface area (TPSA) is 90.8 Å². The van der Waals surface area contributed by atoms with Crippen molar-refractivity contribution in [3.63, 3.8) is 0 Å². The number of piperazine rings is 1. The fraction of sp³-hybridized carbons (Fsp3) is 0.588. The molecule has 1 aliphatic heterocycles. The smallest absolute Gasteiger partial charge is 0.289 e. The molecular weight excluding hydrogens is 308 g/mol. The predicted octanol–water partition coefficient (Wildman–Crippen LogP) is -0.571. The molecule has 1 aliphatic carbocycles. The van der Waals surface area contributed by atoms with Crippen LogP contribution >= 0.6 is 0 Å². The fourth-order valence-electron chi connectivity index (χ4n) is 3.20. The molecule has 2 fully saturated rings. The maximum atomic E-state index is 12.2. The number of hydrogen-bond donors (Lipinski definition) is 2. The van der Waals surface area contributed by atoms with Crippen LogP contribution in [0, 0.1) is 17.2 Å². The van der Waals surface area contributed by atoms with Gasteiger partial charge in [0.05, 0.1) is 38.5 Å². The van der Waals surface area contributed by atoms with E-state index in [0.29, 0.717) is 38.5 Å². The Balaban J connectivity index is 1.46. The maximum absolute atomic E-state index is 12.2. The summed E-state index contributed by atoms with van der Waals surface area (Å²) in [5.74, 6) is 0.440. The maximum Gasteiger partial charge on any atom is 0.289 e. The Labute approximate surface area is 141 Å². The second-order valence-corrected chi connectivity index (χ2v) is 6.83. The van der Waals surface area contributed by atoms with E-state index in [4.69, 9.17) is 4.42 Å². The summed E-state index contributed by atoms with van der Waals surface area (Å²) < 4.78 is 5.14. The molecule has 2 amide bonds. The summed E-state index contributed by atoms with van der Waals surface area (Å²) in [5, 5.41) is 12.2. The average Bonchev–Trinajstić information content (AvgIpc) is 3.31. The average molecular weight is 331 g/mol. The Morgan fingerprint density at radius 1 is 1.46 bits per heavy atom. The van der Waals surface area contributed by atoms with Crippen LogP contribution in [0.4, 0.5) is 0 Å². The first-order valence-electron chi connectivity index (χ1n) is 8.40. The quantitative estimate of drug-likeness (QED) is 0.756. The highest BCUT2D eigenvalue weighted by molar-refractivity contribution is 5.91. The predicted molar refractivity (Wildman–Crippen MR) is 85.1 cm³/mol. The van der Waals surface area contributed by atoms with E-state index in [-0.39, 0.29) is 17.7 Å². The van der Waals surface area contributed by atoms with Crippen LogP contribution in [0.25, 0.3) is 0 Å². The Morgan fingerprint density at radius 3 is 2.71 bits per heavy atom. The highest BCUT2D eigenvalue weighted by atomic mass is 16.3. The number of furan rings is 1. The van der Waals surface area contributed by atoms with Crippen LogP contribution in [0.1, 0.15) is 30.3 Å². The summed E-state index contributed by atoms with van der Waals surface area (Å²) in [4.78, 5) is 27.3. The number of rotatable bonds is 5. The Bertz CT molecular complexity index is 639. The number of nitrogens with zero attached hydrogens (tertiary/aromatic N) is 2. The molecule has 1 saturated heterocycles. The third-order valence-corrected chi connectivity index (χ3v) is 4.93. The first-order chi connectivity index (χ1) is 11.5. The van der Waals surface area contributed by atoms with E-state index in [0.717, 1.165) is 17.7 Å². The van der Waals surface area contributed by atoms with E-state index in [1.165, 1.54) is 6.26 Å². The standard InChI is InChI=1S/C17H22N4O3/c1-17(12-18,13-4-5-13)19-15(22)11-20-6-8-21(9-7-20)16(23)14-3-2-10-24-14/h2-3,10,13H,4-9,11H2,1H3,(H,19,22)/p+1/t17-/m1/s1. The first kappa shape index (κ1) is 16.5. The largest absolute Gasteiger partial charge is 0.459 e. The van der Waals surface area contributed by atoms with Gasteiger partial charge in [-0.25, -0.2) is 0 Å². The van der Waals surface area contributed by atoms with Gasteiger partial charge in [-0.15, -0.1) is 0 Å². The molecule has 0 bridgehead atoms. The molecule has 2 N–H and O–H groups in total. The van der Waals surface area contributed by atoms with Crippen molar-refractivity contribution in [1.29, 1.82) is 5.26 Å². The van der Waals surface area contributed by atoms with Crippen LogP contribution in [0.5, 0.6) is 0 Å². The molecule has 7 heteroatoms. The van der Waals surface area contributed by atoms with Gasteiger partial charge in [0.1, 0.15) is 5.54 Å². The van der Waals surface area contributed by atoms with Crippen LogP contribution in [-0.2, 0) is 4.79 Å². The fourth-order valence-corrected chi connectivity index (χ4v) is 3.20. The van der Waals surface area contributed by atoms with Crippen LogP contribution in [0.15, 0.2) is 22.8 Å². The van der Waals surface area contributed by atoms with E-state index in [1.807, 2.05) is 0 Å². The molecule has 1 aromatic rings. The SMILES string of the molecule is C[C@](C#N)(NC(=O)C[NH+]1CCN(C(=O)c2ccco2)CC1)C1CC1. The Morgan fingerprint density at radius 2 is 2.17 bits per heavy atom. The minimum Gasteiger partial charge on any atom is -0.459 e. The lowest BCUT2D eigenvalue weighted by Crippen LogP contribution is -3.16. The molecule has 3 rings (SSSR count). The summed E-state index contributed by atoms with van der Waals surface area (Å²) >= 11 is 0. The van der Waals surface area contributed by atoms with Crippen molar-refractivity contribution in [2.75, 3.05) is 32.7 Å². The van der Waals surface area contributed by atoms with Crippen molar-refractivity contribution in [2.45, 2.75) is 25.3 Å². The highest BCUT2D eigenvalue weighted by Crippen LogP contribution is 2.39. The lowest BCUT2D eigenvalue weighted by atomic mass is 9.98. The monoisotopic (exact) mass is 331 g/mol. The van der Waals surface area contributed by atoms with Gasteiger partial charge in [-0.3, -0.25) is 9.59 Å². The number of carbonyl (C=O) groups excluding carboxylic acids is 2. The molecule has 0 radical (unpaired) electrons. The molecule has 1 aromatic heterocycles. The molecule has 0 spiro atoms. The van der Waals surface area contributed by atoms with Crippen LogP contribution in [0.2, 0.25) is 0 Å². The Hall–Kier alpha value is -2.33. The van der Waals surface area contributed by atoms with Crippen molar-refractivity contribution in [3.8, 4) is 6.07 Å². The van der Waals surface area contributed by atoms with Gasteiger partial charge in [-0.2, -0.15) is 5.26 Å².